The van der Waals surface area contributed by atoms with Crippen molar-refractivity contribution in [1.29, 1.82) is 0 Å². The third-order valence-corrected chi connectivity index (χ3v) is 4.85. The van der Waals surface area contributed by atoms with Crippen LogP contribution in [0.4, 0.5) is 0 Å². The summed E-state index contributed by atoms with van der Waals surface area (Å²) < 4.78 is 21.6. The smallest absolute Gasteiger partial charge is 0.244 e. The first-order valence-electron chi connectivity index (χ1n) is 9.61. The predicted octanol–water partition coefficient (Wildman–Crippen LogP) is 2.58. The molecule has 1 atom stereocenters. The maximum atomic E-state index is 9.16. The fraction of sp³-hybridized carbons (Fsp3) is 0.450. The van der Waals surface area contributed by atoms with Gasteiger partial charge in [0.25, 0.3) is 0 Å². The number of aliphatic hydroxyl groups is 1. The summed E-state index contributed by atoms with van der Waals surface area (Å²) in [6.45, 7) is 2.42. The highest BCUT2D eigenvalue weighted by molar-refractivity contribution is 5.53. The molecule has 0 amide bonds. The molecule has 9 nitrogen and oxygen atoms in total. The molecular formula is C20H24N4O5. The molecular weight excluding hydrogens is 376 g/mol. The minimum absolute atomic E-state index is 0.0449. The van der Waals surface area contributed by atoms with Crippen molar-refractivity contribution in [2.75, 3.05) is 26.9 Å². The van der Waals surface area contributed by atoms with E-state index in [1.165, 1.54) is 0 Å². The molecule has 0 radical (unpaired) electrons. The molecule has 0 aliphatic carbocycles. The van der Waals surface area contributed by atoms with Crippen molar-refractivity contribution in [3.8, 4) is 17.3 Å². The van der Waals surface area contributed by atoms with E-state index in [0.717, 1.165) is 30.7 Å². The van der Waals surface area contributed by atoms with Crippen LogP contribution >= 0.6 is 0 Å². The lowest BCUT2D eigenvalue weighted by molar-refractivity contribution is 0.144. The van der Waals surface area contributed by atoms with Gasteiger partial charge in [-0.3, -0.25) is 4.90 Å². The van der Waals surface area contributed by atoms with Gasteiger partial charge in [-0.25, -0.2) is 4.98 Å². The summed E-state index contributed by atoms with van der Waals surface area (Å²) in [5, 5.41) is 13.3. The largest absolute Gasteiger partial charge is 0.475 e. The van der Waals surface area contributed by atoms with Crippen molar-refractivity contribution >= 4 is 0 Å². The molecule has 1 unspecified atom stereocenters. The Labute approximate surface area is 168 Å². The summed E-state index contributed by atoms with van der Waals surface area (Å²) in [6.07, 6.45) is 3.66. The molecule has 1 fully saturated rings. The number of pyridine rings is 1. The van der Waals surface area contributed by atoms with E-state index in [9.17, 15) is 0 Å². The topological polar surface area (TPSA) is 107 Å². The molecule has 29 heavy (non-hydrogen) atoms. The third-order valence-electron chi connectivity index (χ3n) is 4.85. The first kappa shape index (κ1) is 19.6. The van der Waals surface area contributed by atoms with E-state index in [1.807, 2.05) is 12.1 Å². The molecule has 1 saturated heterocycles. The van der Waals surface area contributed by atoms with Crippen molar-refractivity contribution in [3.63, 3.8) is 0 Å². The molecule has 1 aliphatic heterocycles. The maximum Gasteiger partial charge on any atom is 0.244 e. The Morgan fingerprint density at radius 2 is 2.10 bits per heavy atom. The van der Waals surface area contributed by atoms with Gasteiger partial charge >= 0.3 is 0 Å². The van der Waals surface area contributed by atoms with Crippen LogP contribution in [0, 0.1) is 0 Å². The number of rotatable bonds is 9. The Balaban J connectivity index is 1.42. The number of hydrogen-bond acceptors (Lipinski definition) is 9. The quantitative estimate of drug-likeness (QED) is 0.542. The van der Waals surface area contributed by atoms with E-state index in [1.54, 1.807) is 25.4 Å². The Morgan fingerprint density at radius 3 is 2.86 bits per heavy atom. The molecule has 0 bridgehead atoms. The van der Waals surface area contributed by atoms with Gasteiger partial charge in [-0.1, -0.05) is 5.16 Å². The minimum atomic E-state index is -0.0965. The molecule has 1 N–H and O–H groups in total. The summed E-state index contributed by atoms with van der Waals surface area (Å²) in [6, 6.07) is 7.36. The first-order chi connectivity index (χ1) is 14.3. The van der Waals surface area contributed by atoms with E-state index in [2.05, 4.69) is 20.0 Å². The number of methoxy groups -OCH3 is 1. The Kier molecular flexibility index (Phi) is 6.18. The summed E-state index contributed by atoms with van der Waals surface area (Å²) >= 11 is 0. The molecule has 9 heteroatoms. The van der Waals surface area contributed by atoms with Crippen LogP contribution in [0.25, 0.3) is 11.4 Å². The van der Waals surface area contributed by atoms with Gasteiger partial charge in [0.05, 0.1) is 19.2 Å². The van der Waals surface area contributed by atoms with E-state index in [0.29, 0.717) is 43.1 Å². The zero-order valence-corrected chi connectivity index (χ0v) is 16.3. The number of nitrogens with zero attached hydrogens (tertiary/aromatic N) is 4. The van der Waals surface area contributed by atoms with Crippen molar-refractivity contribution < 1.29 is 23.5 Å². The lowest BCUT2D eigenvalue weighted by atomic mass is 10.2. The van der Waals surface area contributed by atoms with Gasteiger partial charge in [-0.2, -0.15) is 4.98 Å². The lowest BCUT2D eigenvalue weighted by Gasteiger charge is -2.19. The van der Waals surface area contributed by atoms with Gasteiger partial charge in [-0.15, -0.1) is 0 Å². The maximum absolute atomic E-state index is 9.16. The number of furan rings is 1. The summed E-state index contributed by atoms with van der Waals surface area (Å²) in [5.41, 5.74) is 0.766. The van der Waals surface area contributed by atoms with Gasteiger partial charge < -0.3 is 23.5 Å². The van der Waals surface area contributed by atoms with Gasteiger partial charge in [-0.05, 0) is 37.6 Å². The Bertz CT molecular complexity index is 908. The summed E-state index contributed by atoms with van der Waals surface area (Å²) in [4.78, 5) is 11.1. The number of hydrogen-bond donors (Lipinski definition) is 1. The van der Waals surface area contributed by atoms with Crippen LogP contribution in [0.15, 0.2) is 39.4 Å². The molecule has 4 rings (SSSR count). The Hall–Kier alpha value is -2.75. The molecule has 3 aromatic heterocycles. The van der Waals surface area contributed by atoms with Crippen LogP contribution in [0.1, 0.15) is 36.3 Å². The van der Waals surface area contributed by atoms with Crippen LogP contribution in [-0.2, 0) is 17.9 Å². The highest BCUT2D eigenvalue weighted by Gasteiger charge is 2.31. The van der Waals surface area contributed by atoms with Crippen LogP contribution in [-0.4, -0.2) is 52.0 Å². The predicted molar refractivity (Wildman–Crippen MR) is 102 cm³/mol. The van der Waals surface area contributed by atoms with Gasteiger partial charge in [0.2, 0.25) is 17.6 Å². The van der Waals surface area contributed by atoms with Crippen LogP contribution in [0.3, 0.4) is 0 Å². The molecule has 154 valence electrons. The number of likely N-dealkylation sites (tertiary alicyclic amines) is 1. The summed E-state index contributed by atoms with van der Waals surface area (Å²) in [5.74, 6) is 3.00. The van der Waals surface area contributed by atoms with Crippen molar-refractivity contribution in [2.24, 2.45) is 0 Å². The molecule has 0 aromatic carbocycles. The second kappa shape index (κ2) is 9.17. The second-order valence-electron chi connectivity index (χ2n) is 6.84. The Morgan fingerprint density at radius 1 is 1.21 bits per heavy atom. The number of ether oxygens (including phenoxy) is 2. The molecule has 1 aliphatic rings. The highest BCUT2D eigenvalue weighted by atomic mass is 16.5. The van der Waals surface area contributed by atoms with Crippen molar-refractivity contribution in [3.05, 3.63) is 47.9 Å². The first-order valence-corrected chi connectivity index (χ1v) is 9.61. The van der Waals surface area contributed by atoms with E-state index < -0.39 is 0 Å². The monoisotopic (exact) mass is 400 g/mol. The zero-order chi connectivity index (χ0) is 20.1. The van der Waals surface area contributed by atoms with E-state index in [4.69, 9.17) is 23.5 Å². The fourth-order valence-electron chi connectivity index (χ4n) is 3.40. The van der Waals surface area contributed by atoms with Gasteiger partial charge in [0, 0.05) is 24.9 Å². The van der Waals surface area contributed by atoms with Crippen LogP contribution in [0.5, 0.6) is 5.88 Å². The SMILES string of the molecule is COCCOc1ccc(-c2noc(C3CCCN3Cc3ccc(CO)o3)n2)cn1. The average Bonchev–Trinajstić information content (AvgIpc) is 3.50. The molecule has 4 heterocycles. The van der Waals surface area contributed by atoms with Gasteiger partial charge in [0.15, 0.2) is 0 Å². The molecule has 0 spiro atoms. The molecule has 0 saturated carbocycles. The van der Waals surface area contributed by atoms with E-state index in [-0.39, 0.29) is 12.6 Å². The normalized spacial score (nSPS) is 17.1. The van der Waals surface area contributed by atoms with Crippen molar-refractivity contribution in [1.82, 2.24) is 20.0 Å². The summed E-state index contributed by atoms with van der Waals surface area (Å²) in [7, 11) is 1.63. The third kappa shape index (κ3) is 4.64. The fourth-order valence-corrected chi connectivity index (χ4v) is 3.40. The number of aromatic nitrogens is 3. The average molecular weight is 400 g/mol. The van der Waals surface area contributed by atoms with E-state index >= 15 is 0 Å². The number of aliphatic hydroxyl groups excluding tert-OH is 1. The van der Waals surface area contributed by atoms with Crippen molar-refractivity contribution in [2.45, 2.75) is 32.0 Å². The zero-order valence-electron chi connectivity index (χ0n) is 16.3. The van der Waals surface area contributed by atoms with Crippen LogP contribution in [0.2, 0.25) is 0 Å². The molecule has 3 aromatic rings. The van der Waals surface area contributed by atoms with Gasteiger partial charge in [0.1, 0.15) is 24.7 Å². The lowest BCUT2D eigenvalue weighted by Crippen LogP contribution is -2.22. The van der Waals surface area contributed by atoms with Crippen LogP contribution < -0.4 is 4.74 Å². The standard InChI is InChI=1S/C20H24N4O5/c1-26-9-10-27-18-7-4-14(11-21-18)19-22-20(29-23-19)17-3-2-8-24(17)12-15-5-6-16(13-25)28-15/h4-7,11,17,25H,2-3,8-10,12-13H2,1H3. The highest BCUT2D eigenvalue weighted by Crippen LogP contribution is 2.33. The minimum Gasteiger partial charge on any atom is -0.475 e. The second-order valence-corrected chi connectivity index (χ2v) is 6.84.